The van der Waals surface area contributed by atoms with Crippen molar-refractivity contribution in [3.8, 4) is 70.6 Å². The molecule has 0 aromatic heterocycles. The van der Waals surface area contributed by atoms with Crippen LogP contribution in [0, 0.1) is 48.4 Å². The van der Waals surface area contributed by atoms with E-state index in [4.69, 9.17) is 12.8 Å². The van der Waals surface area contributed by atoms with E-state index in [1.54, 1.807) is 0 Å². The van der Waals surface area contributed by atoms with E-state index >= 15 is 0 Å². The Morgan fingerprint density at radius 1 is 0.278 bits per heavy atom. The van der Waals surface area contributed by atoms with Crippen LogP contribution in [0.15, 0.2) is 170 Å². The molecule has 0 saturated heterocycles. The summed E-state index contributed by atoms with van der Waals surface area (Å²) in [5, 5.41) is 8.98. The van der Waals surface area contributed by atoms with Crippen LogP contribution < -0.4 is 0 Å². The summed E-state index contributed by atoms with van der Waals surface area (Å²) in [7, 11) is 0. The third-order valence-corrected chi connectivity index (χ3v) is 10.1. The average molecular weight is 679 g/mol. The lowest BCUT2D eigenvalue weighted by molar-refractivity contribution is 1.58. The van der Waals surface area contributed by atoms with Gasteiger partial charge in [0.2, 0.25) is 0 Å². The molecule has 0 amide bonds. The van der Waals surface area contributed by atoms with Crippen LogP contribution in [0.1, 0.15) is 33.4 Å². The highest BCUT2D eigenvalue weighted by molar-refractivity contribution is 6.10. The minimum Gasteiger partial charge on any atom is -0.115 e. The first-order chi connectivity index (χ1) is 26.7. The highest BCUT2D eigenvalue weighted by Gasteiger charge is 2.17. The number of rotatable bonds is 2. The molecule has 0 aliphatic heterocycles. The zero-order chi connectivity index (χ0) is 36.4. The van der Waals surface area contributed by atoms with E-state index in [0.29, 0.717) is 0 Å². The summed E-state index contributed by atoms with van der Waals surface area (Å²) in [4.78, 5) is 0. The second-order valence-electron chi connectivity index (χ2n) is 13.2. The lowest BCUT2D eigenvalue weighted by Crippen LogP contribution is -1.93. The highest BCUT2D eigenvalue weighted by Crippen LogP contribution is 2.40. The predicted molar refractivity (Wildman–Crippen MR) is 228 cm³/mol. The monoisotopic (exact) mass is 678 g/mol. The molecule has 246 valence electrons. The third kappa shape index (κ3) is 5.73. The first-order valence-electron chi connectivity index (χ1n) is 17.9. The molecule has 9 aromatic rings. The van der Waals surface area contributed by atoms with Crippen LogP contribution in [0.2, 0.25) is 0 Å². The van der Waals surface area contributed by atoms with Gasteiger partial charge in [-0.3, -0.25) is 0 Å². The fraction of sp³-hybridized carbons (Fsp3) is 0. The van der Waals surface area contributed by atoms with Gasteiger partial charge in [0, 0.05) is 55.6 Å². The molecule has 0 saturated carbocycles. The highest BCUT2D eigenvalue weighted by atomic mass is 14.2. The Balaban J connectivity index is 1.17. The zero-order valence-electron chi connectivity index (χ0n) is 29.3. The number of benzene rings is 9. The Labute approximate surface area is 315 Å². The number of fused-ring (bicyclic) bond motifs is 4. The number of terminal acetylenes is 2. The van der Waals surface area contributed by atoms with Crippen LogP contribution in [0.5, 0.6) is 0 Å². The summed E-state index contributed by atoms with van der Waals surface area (Å²) in [6.45, 7) is 0. The fourth-order valence-electron chi connectivity index (χ4n) is 7.57. The van der Waals surface area contributed by atoms with Crippen molar-refractivity contribution in [3.63, 3.8) is 0 Å². The van der Waals surface area contributed by atoms with Gasteiger partial charge in [-0.25, -0.2) is 0 Å². The number of hydrogen-bond donors (Lipinski definition) is 0. The van der Waals surface area contributed by atoms with E-state index in [1.807, 2.05) is 30.3 Å². The van der Waals surface area contributed by atoms with Gasteiger partial charge in [0.05, 0.1) is 0 Å². The van der Waals surface area contributed by atoms with Gasteiger partial charge in [-0.1, -0.05) is 163 Å². The van der Waals surface area contributed by atoms with Crippen molar-refractivity contribution in [3.05, 3.63) is 203 Å². The summed E-state index contributed by atoms with van der Waals surface area (Å²) in [6.07, 6.45) is 12.3. The average Bonchev–Trinajstić information content (AvgIpc) is 3.24. The lowest BCUT2D eigenvalue weighted by atomic mass is 9.87. The van der Waals surface area contributed by atoms with Crippen LogP contribution in [0.4, 0.5) is 0 Å². The van der Waals surface area contributed by atoms with Crippen LogP contribution in [-0.2, 0) is 0 Å². The first kappa shape index (κ1) is 32.2. The normalized spacial score (nSPS) is 10.6. The molecule has 9 rings (SSSR count). The molecule has 0 bridgehead atoms. The SMILES string of the molecule is C#Cc1ccc2ccccc2c1-c1c(C#Cc2cccc(C#Cc3ccc4ccccc4c3-c3c(C#C)ccc4ccccc34)c2)ccc2ccccc12. The number of hydrogen-bond acceptors (Lipinski definition) is 0. The molecule has 0 fully saturated rings. The molecule has 0 aliphatic carbocycles. The zero-order valence-corrected chi connectivity index (χ0v) is 29.3. The van der Waals surface area contributed by atoms with E-state index in [0.717, 1.165) is 98.7 Å². The lowest BCUT2D eigenvalue weighted by Gasteiger charge is -2.15. The molecule has 0 nitrogen and oxygen atoms in total. The van der Waals surface area contributed by atoms with Crippen molar-refractivity contribution in [1.29, 1.82) is 0 Å². The molecule has 54 heavy (non-hydrogen) atoms. The van der Waals surface area contributed by atoms with Gasteiger partial charge >= 0.3 is 0 Å². The van der Waals surface area contributed by atoms with Gasteiger partial charge in [-0.2, -0.15) is 0 Å². The maximum Gasteiger partial charge on any atom is 0.0334 e. The fourth-order valence-corrected chi connectivity index (χ4v) is 7.57. The Kier molecular flexibility index (Phi) is 8.20. The Morgan fingerprint density at radius 3 is 0.944 bits per heavy atom. The maximum atomic E-state index is 6.13. The second-order valence-corrected chi connectivity index (χ2v) is 13.2. The summed E-state index contributed by atoms with van der Waals surface area (Å²) in [6, 6.07) is 58.5. The second kappa shape index (κ2) is 13.8. The molecular weight excluding hydrogens is 649 g/mol. The molecule has 0 unspecified atom stereocenters. The van der Waals surface area contributed by atoms with Crippen molar-refractivity contribution >= 4 is 43.1 Å². The van der Waals surface area contributed by atoms with E-state index < -0.39 is 0 Å². The standard InChI is InChI=1S/C54H30/c1-3-39-28-30-41-16-5-9-20-47(41)51(39)53-45(34-32-43-18-7-11-22-49(43)53)26-24-37-14-13-15-38(36-37)25-27-46-35-33-44-19-8-12-23-50(44)54(46)52-40(4-2)29-31-42-17-6-10-21-48(42)52/h1-2,5-23,28-36H. The van der Waals surface area contributed by atoms with Crippen molar-refractivity contribution < 1.29 is 0 Å². The largest absolute Gasteiger partial charge is 0.115 e. The van der Waals surface area contributed by atoms with Gasteiger partial charge in [0.15, 0.2) is 0 Å². The molecule has 0 spiro atoms. The Hall–Kier alpha value is -7.74. The van der Waals surface area contributed by atoms with Crippen LogP contribution in [0.3, 0.4) is 0 Å². The summed E-state index contributed by atoms with van der Waals surface area (Å²) in [5.74, 6) is 19.9. The van der Waals surface area contributed by atoms with Crippen LogP contribution in [-0.4, -0.2) is 0 Å². The summed E-state index contributed by atoms with van der Waals surface area (Å²) < 4.78 is 0. The van der Waals surface area contributed by atoms with Gasteiger partial charge in [-0.15, -0.1) is 12.8 Å². The van der Waals surface area contributed by atoms with Gasteiger partial charge < -0.3 is 0 Å². The molecular formula is C54H30. The van der Waals surface area contributed by atoms with Gasteiger partial charge in [0.25, 0.3) is 0 Å². The van der Waals surface area contributed by atoms with E-state index in [2.05, 4.69) is 175 Å². The Morgan fingerprint density at radius 2 is 0.593 bits per heavy atom. The van der Waals surface area contributed by atoms with E-state index in [1.165, 1.54) is 0 Å². The minimum atomic E-state index is 0.844. The van der Waals surface area contributed by atoms with Crippen LogP contribution >= 0.6 is 0 Å². The molecule has 0 heterocycles. The third-order valence-electron chi connectivity index (χ3n) is 10.1. The molecule has 0 N–H and O–H groups in total. The molecule has 0 heteroatoms. The predicted octanol–water partition coefficient (Wildman–Crippen LogP) is 12.4. The van der Waals surface area contributed by atoms with Gasteiger partial charge in [-0.05, 0) is 85.6 Å². The minimum absolute atomic E-state index is 0.844. The van der Waals surface area contributed by atoms with Crippen LogP contribution in [0.25, 0.3) is 65.3 Å². The van der Waals surface area contributed by atoms with Crippen molar-refractivity contribution in [1.82, 2.24) is 0 Å². The molecule has 0 atom stereocenters. The quantitative estimate of drug-likeness (QED) is 0.160. The Bertz CT molecular complexity index is 2980. The summed E-state index contributed by atoms with van der Waals surface area (Å²) in [5.41, 5.74) is 9.42. The summed E-state index contributed by atoms with van der Waals surface area (Å²) >= 11 is 0. The van der Waals surface area contributed by atoms with E-state index in [-0.39, 0.29) is 0 Å². The van der Waals surface area contributed by atoms with Crippen molar-refractivity contribution in [2.24, 2.45) is 0 Å². The van der Waals surface area contributed by atoms with Crippen molar-refractivity contribution in [2.45, 2.75) is 0 Å². The maximum absolute atomic E-state index is 6.13. The first-order valence-corrected chi connectivity index (χ1v) is 17.9. The molecule has 0 radical (unpaired) electrons. The van der Waals surface area contributed by atoms with Gasteiger partial charge in [0.1, 0.15) is 0 Å². The molecule has 9 aromatic carbocycles. The van der Waals surface area contributed by atoms with E-state index in [9.17, 15) is 0 Å². The molecule has 0 aliphatic rings. The topological polar surface area (TPSA) is 0 Å². The van der Waals surface area contributed by atoms with Crippen molar-refractivity contribution in [2.75, 3.05) is 0 Å². The smallest absolute Gasteiger partial charge is 0.0334 e.